The molecule has 0 amide bonds. The van der Waals surface area contributed by atoms with Crippen LogP contribution in [0.5, 0.6) is 0 Å². The van der Waals surface area contributed by atoms with Gasteiger partial charge in [-0.2, -0.15) is 0 Å². The molecule has 0 radical (unpaired) electrons. The van der Waals surface area contributed by atoms with Crippen molar-refractivity contribution in [2.45, 2.75) is 0 Å². The van der Waals surface area contributed by atoms with Crippen LogP contribution in [-0.4, -0.2) is 11.6 Å². The molecule has 1 aliphatic rings. The molecule has 90 valence electrons. The van der Waals surface area contributed by atoms with Gasteiger partial charge in [-0.25, -0.2) is 0 Å². The van der Waals surface area contributed by atoms with Gasteiger partial charge in [-0.15, -0.1) is 11.3 Å². The second-order valence-corrected chi connectivity index (χ2v) is 6.08. The first-order valence-corrected chi connectivity index (χ1v) is 7.38. The molecule has 6 heteroatoms. The Morgan fingerprint density at radius 2 is 2.00 bits per heavy atom. The molecule has 0 saturated carbocycles. The Bertz CT molecular complexity index is 676. The van der Waals surface area contributed by atoms with Gasteiger partial charge in [0.15, 0.2) is 15.1 Å². The van der Waals surface area contributed by atoms with E-state index in [9.17, 15) is 9.59 Å². The molecule has 0 aromatic carbocycles. The summed E-state index contributed by atoms with van der Waals surface area (Å²) in [7, 11) is 0. The first-order valence-electron chi connectivity index (χ1n) is 4.91. The van der Waals surface area contributed by atoms with E-state index in [1.807, 2.05) is 0 Å². The Labute approximate surface area is 123 Å². The Morgan fingerprint density at radius 3 is 2.61 bits per heavy atom. The maximum absolute atomic E-state index is 12.1. The van der Waals surface area contributed by atoms with Gasteiger partial charge < -0.3 is 4.42 Å². The van der Waals surface area contributed by atoms with Gasteiger partial charge in [-0.1, -0.05) is 0 Å². The highest BCUT2D eigenvalue weighted by atomic mass is 79.9. The van der Waals surface area contributed by atoms with Crippen LogP contribution in [0.4, 0.5) is 0 Å². The zero-order valence-corrected chi connectivity index (χ0v) is 12.7. The monoisotopic (exact) mass is 386 g/mol. The van der Waals surface area contributed by atoms with Gasteiger partial charge in [0.1, 0.15) is 0 Å². The fourth-order valence-corrected chi connectivity index (χ4v) is 3.65. The Morgan fingerprint density at radius 1 is 1.22 bits per heavy atom. The second-order valence-electron chi connectivity index (χ2n) is 3.66. The van der Waals surface area contributed by atoms with E-state index in [0.29, 0.717) is 25.3 Å². The highest BCUT2D eigenvalue weighted by molar-refractivity contribution is 9.11. The third-order valence-electron chi connectivity index (χ3n) is 2.59. The zero-order chi connectivity index (χ0) is 12.9. The number of hydrogen-bond donors (Lipinski definition) is 0. The van der Waals surface area contributed by atoms with Crippen LogP contribution < -0.4 is 0 Å². The fraction of sp³-hybridized carbons (Fsp3) is 0. The summed E-state index contributed by atoms with van der Waals surface area (Å²) in [6.07, 6.45) is 1.55. The number of thiophene rings is 1. The van der Waals surface area contributed by atoms with E-state index >= 15 is 0 Å². The first-order chi connectivity index (χ1) is 8.58. The molecule has 0 atom stereocenters. The summed E-state index contributed by atoms with van der Waals surface area (Å²) in [6.45, 7) is 0. The minimum atomic E-state index is -0.222. The normalized spacial score (nSPS) is 16.7. The van der Waals surface area contributed by atoms with E-state index < -0.39 is 0 Å². The van der Waals surface area contributed by atoms with Crippen molar-refractivity contribution in [1.82, 2.24) is 0 Å². The van der Waals surface area contributed by atoms with Crippen molar-refractivity contribution in [3.63, 3.8) is 0 Å². The van der Waals surface area contributed by atoms with Gasteiger partial charge in [0.25, 0.3) is 0 Å². The van der Waals surface area contributed by atoms with Crippen LogP contribution in [0.25, 0.3) is 6.08 Å². The number of hydrogen-bond acceptors (Lipinski definition) is 4. The maximum atomic E-state index is 12.1. The lowest BCUT2D eigenvalue weighted by Gasteiger charge is -1.93. The van der Waals surface area contributed by atoms with E-state index in [1.54, 1.807) is 23.6 Å². The van der Waals surface area contributed by atoms with Gasteiger partial charge in [-0.3, -0.25) is 9.59 Å². The molecule has 3 nitrogen and oxygen atoms in total. The van der Waals surface area contributed by atoms with Crippen LogP contribution in [0.2, 0.25) is 0 Å². The Kier molecular flexibility index (Phi) is 2.88. The number of Topliss-reactive ketones (excluding diaryl/α,β-unsaturated/α-hetero) is 2. The third kappa shape index (κ3) is 1.75. The van der Waals surface area contributed by atoms with Crippen molar-refractivity contribution in [3.05, 3.63) is 48.4 Å². The molecule has 2 aromatic heterocycles. The summed E-state index contributed by atoms with van der Waals surface area (Å²) in [5.41, 5.74) is 1.34. The second kappa shape index (κ2) is 4.29. The van der Waals surface area contributed by atoms with Gasteiger partial charge in [0.05, 0.1) is 10.5 Å². The molecule has 0 fully saturated rings. The van der Waals surface area contributed by atoms with Gasteiger partial charge in [-0.05, 0) is 55.4 Å². The average molecular weight is 388 g/mol. The fourth-order valence-electron chi connectivity index (χ4n) is 1.77. The number of fused-ring (bicyclic) bond motifs is 1. The molecule has 0 N–H and O–H groups in total. The number of carbonyl (C=O) groups excluding carboxylic acids is 2. The molecule has 0 aliphatic heterocycles. The summed E-state index contributed by atoms with van der Waals surface area (Å²) in [5, 5.41) is 1.75. The van der Waals surface area contributed by atoms with Crippen molar-refractivity contribution < 1.29 is 14.0 Å². The predicted octanol–water partition coefficient (Wildman–Crippen LogP) is 4.33. The number of halogens is 2. The topological polar surface area (TPSA) is 47.3 Å². The highest BCUT2D eigenvalue weighted by Gasteiger charge is 2.34. The molecule has 0 unspecified atom stereocenters. The van der Waals surface area contributed by atoms with E-state index in [0.717, 1.165) is 0 Å². The molecule has 2 aromatic rings. The van der Waals surface area contributed by atoms with Crippen molar-refractivity contribution in [2.24, 2.45) is 0 Å². The van der Waals surface area contributed by atoms with Gasteiger partial charge in [0.2, 0.25) is 5.78 Å². The van der Waals surface area contributed by atoms with E-state index in [-0.39, 0.29) is 17.1 Å². The van der Waals surface area contributed by atoms with Crippen LogP contribution in [0, 0.1) is 0 Å². The standard InChI is InChI=1S/C12H4Br2O3S/c13-8-4-5(12(14)17-8)3-7-9(15)6-1-2-18-11(6)10(7)16/h1-4H/b7-3-. The van der Waals surface area contributed by atoms with E-state index in [2.05, 4.69) is 31.9 Å². The number of carbonyl (C=O) groups is 2. The minimum absolute atomic E-state index is 0.186. The number of allylic oxidation sites excluding steroid dienone is 1. The Hall–Kier alpha value is -0.980. The predicted molar refractivity (Wildman–Crippen MR) is 75.1 cm³/mol. The average Bonchev–Trinajstić information content (AvgIpc) is 2.95. The minimum Gasteiger partial charge on any atom is -0.442 e. The van der Waals surface area contributed by atoms with Crippen molar-refractivity contribution in [1.29, 1.82) is 0 Å². The quantitative estimate of drug-likeness (QED) is 0.540. The van der Waals surface area contributed by atoms with Crippen molar-refractivity contribution in [3.8, 4) is 0 Å². The highest BCUT2D eigenvalue weighted by Crippen LogP contribution is 2.34. The summed E-state index contributed by atoms with van der Waals surface area (Å²) < 4.78 is 6.24. The van der Waals surface area contributed by atoms with Gasteiger partial charge >= 0.3 is 0 Å². The van der Waals surface area contributed by atoms with E-state index in [4.69, 9.17) is 4.42 Å². The number of ketones is 2. The maximum Gasteiger partial charge on any atom is 0.207 e. The smallest absolute Gasteiger partial charge is 0.207 e. The lowest BCUT2D eigenvalue weighted by atomic mass is 10.1. The van der Waals surface area contributed by atoms with Crippen molar-refractivity contribution >= 4 is 60.8 Å². The van der Waals surface area contributed by atoms with Gasteiger partial charge in [0, 0.05) is 11.1 Å². The molecule has 2 heterocycles. The molecular weight excluding hydrogens is 384 g/mol. The molecule has 0 spiro atoms. The van der Waals surface area contributed by atoms with Crippen LogP contribution in [-0.2, 0) is 0 Å². The largest absolute Gasteiger partial charge is 0.442 e. The molecule has 0 saturated heterocycles. The first kappa shape index (κ1) is 12.1. The zero-order valence-electron chi connectivity index (χ0n) is 8.70. The van der Waals surface area contributed by atoms with E-state index in [1.165, 1.54) is 11.3 Å². The lowest BCUT2D eigenvalue weighted by molar-refractivity contribution is 0.0991. The SMILES string of the molecule is O=C1/C(=C/c2cc(Br)oc2Br)C(=O)c2sccc21. The number of furan rings is 1. The molecule has 3 rings (SSSR count). The molecular formula is C12H4Br2O3S. The van der Waals surface area contributed by atoms with Crippen LogP contribution in [0.15, 0.2) is 36.8 Å². The molecule has 1 aliphatic carbocycles. The lowest BCUT2D eigenvalue weighted by Crippen LogP contribution is -2.00. The summed E-state index contributed by atoms with van der Waals surface area (Å²) >= 11 is 7.71. The summed E-state index contributed by atoms with van der Waals surface area (Å²) in [5.74, 6) is -0.435. The van der Waals surface area contributed by atoms with Crippen LogP contribution >= 0.6 is 43.2 Å². The van der Waals surface area contributed by atoms with Crippen LogP contribution in [0.3, 0.4) is 0 Å². The molecule has 0 bridgehead atoms. The van der Waals surface area contributed by atoms with Crippen molar-refractivity contribution in [2.75, 3.05) is 0 Å². The summed E-state index contributed by atoms with van der Waals surface area (Å²) in [6, 6.07) is 3.38. The van der Waals surface area contributed by atoms with Crippen LogP contribution in [0.1, 0.15) is 25.6 Å². The number of rotatable bonds is 1. The Balaban J connectivity index is 2.10. The molecule has 18 heavy (non-hydrogen) atoms. The third-order valence-corrected chi connectivity index (χ3v) is 4.51. The summed E-state index contributed by atoms with van der Waals surface area (Å²) in [4.78, 5) is 24.6.